The number of hydrogen-bond donors (Lipinski definition) is 0. The molecule has 23 heavy (non-hydrogen) atoms. The number of carbonyl (C=O) groups excluding carboxylic acids is 1. The van der Waals surface area contributed by atoms with Gasteiger partial charge in [0.1, 0.15) is 0 Å². The number of carbonyl (C=O) groups is 1. The topological polar surface area (TPSA) is 20.3 Å². The van der Waals surface area contributed by atoms with Crippen molar-refractivity contribution in [3.63, 3.8) is 0 Å². The van der Waals surface area contributed by atoms with Crippen molar-refractivity contribution in [3.05, 3.63) is 82.8 Å². The summed E-state index contributed by atoms with van der Waals surface area (Å²) < 4.78 is 0.573. The number of hydrogen-bond acceptors (Lipinski definition) is 3. The Labute approximate surface area is 145 Å². The molecular formula is C19H15NOS2. The monoisotopic (exact) mass is 337 g/mol. The van der Waals surface area contributed by atoms with Crippen molar-refractivity contribution in [2.45, 2.75) is 6.92 Å². The van der Waals surface area contributed by atoms with Gasteiger partial charge in [0.15, 0.2) is 4.32 Å². The quantitative estimate of drug-likeness (QED) is 0.583. The van der Waals surface area contributed by atoms with Gasteiger partial charge in [0.25, 0.3) is 5.91 Å². The van der Waals surface area contributed by atoms with Crippen molar-refractivity contribution in [2.24, 2.45) is 0 Å². The van der Waals surface area contributed by atoms with E-state index in [1.807, 2.05) is 79.7 Å². The molecule has 4 heteroatoms. The number of amides is 1. The first-order valence-corrected chi connectivity index (χ1v) is 8.44. The molecule has 1 fully saturated rings. The molecule has 0 bridgehead atoms. The highest BCUT2D eigenvalue weighted by atomic mass is 32.2. The standard InChI is InChI=1S/C19H15NOS2/c1-14-8-5-6-12-16(14)20-18(21)17(23-19(20)22)13-7-11-15-9-3-2-4-10-15/h2-13H,1H3/b11-7-,17-13-. The van der Waals surface area contributed by atoms with Crippen LogP contribution in [-0.4, -0.2) is 10.2 Å². The van der Waals surface area contributed by atoms with Crippen molar-refractivity contribution in [2.75, 3.05) is 4.90 Å². The van der Waals surface area contributed by atoms with Crippen LogP contribution in [0.1, 0.15) is 11.1 Å². The molecule has 0 aromatic heterocycles. The summed E-state index contributed by atoms with van der Waals surface area (Å²) in [5.74, 6) is -0.0630. The van der Waals surface area contributed by atoms with Gasteiger partial charge in [0.05, 0.1) is 10.6 Å². The molecule has 1 amide bonds. The Bertz CT molecular complexity index is 809. The van der Waals surface area contributed by atoms with E-state index in [1.54, 1.807) is 4.90 Å². The zero-order valence-corrected chi connectivity index (χ0v) is 14.2. The molecule has 3 rings (SSSR count). The second-order valence-corrected chi connectivity index (χ2v) is 6.77. The molecule has 0 spiro atoms. The summed E-state index contributed by atoms with van der Waals surface area (Å²) in [5, 5.41) is 0. The van der Waals surface area contributed by atoms with Crippen molar-refractivity contribution < 1.29 is 4.79 Å². The van der Waals surface area contributed by atoms with Crippen molar-refractivity contribution in [1.82, 2.24) is 0 Å². The number of benzene rings is 2. The Morgan fingerprint density at radius 3 is 2.48 bits per heavy atom. The molecule has 1 heterocycles. The molecule has 2 aromatic carbocycles. The van der Waals surface area contributed by atoms with Crippen LogP contribution in [0.4, 0.5) is 5.69 Å². The van der Waals surface area contributed by atoms with Crippen LogP contribution in [0.2, 0.25) is 0 Å². The molecule has 2 nitrogen and oxygen atoms in total. The van der Waals surface area contributed by atoms with Crippen molar-refractivity contribution >= 4 is 46.0 Å². The SMILES string of the molecule is Cc1ccccc1N1C(=O)/C(=C/C=C\c2ccccc2)SC1=S. The summed E-state index contributed by atoms with van der Waals surface area (Å²) >= 11 is 6.72. The molecule has 114 valence electrons. The Balaban J connectivity index is 1.83. The van der Waals surface area contributed by atoms with E-state index in [1.165, 1.54) is 11.8 Å². The van der Waals surface area contributed by atoms with E-state index in [4.69, 9.17) is 12.2 Å². The van der Waals surface area contributed by atoms with E-state index < -0.39 is 0 Å². The van der Waals surface area contributed by atoms with Crippen LogP contribution >= 0.6 is 24.0 Å². The van der Waals surface area contributed by atoms with E-state index >= 15 is 0 Å². The summed E-state index contributed by atoms with van der Waals surface area (Å²) in [6.45, 7) is 1.98. The zero-order chi connectivity index (χ0) is 16.2. The van der Waals surface area contributed by atoms with E-state index in [0.29, 0.717) is 9.23 Å². The molecule has 0 unspecified atom stereocenters. The summed E-state index contributed by atoms with van der Waals surface area (Å²) in [6, 6.07) is 17.7. The van der Waals surface area contributed by atoms with Gasteiger partial charge in [0.2, 0.25) is 0 Å². The Hall–Kier alpha value is -2.17. The molecule has 0 N–H and O–H groups in total. The van der Waals surface area contributed by atoms with Crippen LogP contribution in [0.15, 0.2) is 71.7 Å². The smallest absolute Gasteiger partial charge is 0.268 e. The molecule has 0 aliphatic carbocycles. The molecule has 0 saturated carbocycles. The molecule has 0 radical (unpaired) electrons. The predicted octanol–water partition coefficient (Wildman–Crippen LogP) is 4.96. The highest BCUT2D eigenvalue weighted by Gasteiger charge is 2.33. The van der Waals surface area contributed by atoms with Gasteiger partial charge in [0, 0.05) is 0 Å². The first kappa shape index (κ1) is 15.7. The normalized spacial score (nSPS) is 16.7. The van der Waals surface area contributed by atoms with Crippen molar-refractivity contribution in [1.29, 1.82) is 0 Å². The first-order valence-electron chi connectivity index (χ1n) is 7.22. The van der Waals surface area contributed by atoms with Crippen LogP contribution in [-0.2, 0) is 4.79 Å². The largest absolute Gasteiger partial charge is 0.270 e. The Kier molecular flexibility index (Phi) is 4.74. The number of thiocarbonyl (C=S) groups is 1. The summed E-state index contributed by atoms with van der Waals surface area (Å²) in [5.41, 5.74) is 2.98. The van der Waals surface area contributed by atoms with Crippen molar-refractivity contribution in [3.8, 4) is 0 Å². The number of para-hydroxylation sites is 1. The maximum Gasteiger partial charge on any atom is 0.270 e. The lowest BCUT2D eigenvalue weighted by atomic mass is 10.2. The molecular weight excluding hydrogens is 322 g/mol. The third-order valence-electron chi connectivity index (χ3n) is 3.49. The van der Waals surface area contributed by atoms with Crippen LogP contribution in [0.5, 0.6) is 0 Å². The van der Waals surface area contributed by atoms with E-state index in [2.05, 4.69) is 0 Å². The molecule has 1 aliphatic heterocycles. The summed E-state index contributed by atoms with van der Waals surface area (Å²) in [6.07, 6.45) is 5.68. The highest BCUT2D eigenvalue weighted by Crippen LogP contribution is 2.36. The second kappa shape index (κ2) is 6.94. The maximum atomic E-state index is 12.6. The lowest BCUT2D eigenvalue weighted by Crippen LogP contribution is -2.28. The fourth-order valence-corrected chi connectivity index (χ4v) is 3.55. The number of allylic oxidation sites excluding steroid dienone is 2. The average Bonchev–Trinajstić information content (AvgIpc) is 2.83. The zero-order valence-electron chi connectivity index (χ0n) is 12.6. The maximum absolute atomic E-state index is 12.6. The lowest BCUT2D eigenvalue weighted by Gasteiger charge is -2.16. The number of anilines is 1. The first-order chi connectivity index (χ1) is 11.2. The number of rotatable bonds is 3. The lowest BCUT2D eigenvalue weighted by molar-refractivity contribution is -0.113. The van der Waals surface area contributed by atoms with E-state index in [-0.39, 0.29) is 5.91 Å². The van der Waals surface area contributed by atoms with Gasteiger partial charge in [-0.2, -0.15) is 0 Å². The minimum absolute atomic E-state index is 0.0630. The summed E-state index contributed by atoms with van der Waals surface area (Å²) in [7, 11) is 0. The van der Waals surface area contributed by atoms with Crippen LogP contribution in [0.3, 0.4) is 0 Å². The second-order valence-electron chi connectivity index (χ2n) is 5.10. The predicted molar refractivity (Wildman–Crippen MR) is 102 cm³/mol. The molecule has 2 aromatic rings. The van der Waals surface area contributed by atoms with Crippen LogP contribution < -0.4 is 4.90 Å². The van der Waals surface area contributed by atoms with Gasteiger partial charge in [-0.25, -0.2) is 0 Å². The van der Waals surface area contributed by atoms with Gasteiger partial charge < -0.3 is 0 Å². The minimum atomic E-state index is -0.0630. The minimum Gasteiger partial charge on any atom is -0.268 e. The highest BCUT2D eigenvalue weighted by molar-refractivity contribution is 8.27. The van der Waals surface area contributed by atoms with Gasteiger partial charge in [-0.3, -0.25) is 9.69 Å². The average molecular weight is 337 g/mol. The third-order valence-corrected chi connectivity index (χ3v) is 4.81. The van der Waals surface area contributed by atoms with E-state index in [0.717, 1.165) is 16.8 Å². The fraction of sp³-hybridized carbons (Fsp3) is 0.0526. The van der Waals surface area contributed by atoms with Gasteiger partial charge >= 0.3 is 0 Å². The van der Waals surface area contributed by atoms with Gasteiger partial charge in [-0.05, 0) is 30.2 Å². The Morgan fingerprint density at radius 1 is 1.04 bits per heavy atom. The fourth-order valence-electron chi connectivity index (χ4n) is 2.31. The van der Waals surface area contributed by atoms with Gasteiger partial charge in [-0.15, -0.1) is 0 Å². The Morgan fingerprint density at radius 2 is 1.74 bits per heavy atom. The van der Waals surface area contributed by atoms with E-state index in [9.17, 15) is 4.79 Å². The summed E-state index contributed by atoms with van der Waals surface area (Å²) in [4.78, 5) is 14.9. The molecule has 1 aliphatic rings. The van der Waals surface area contributed by atoms with Gasteiger partial charge in [-0.1, -0.05) is 84.7 Å². The number of nitrogens with zero attached hydrogens (tertiary/aromatic N) is 1. The molecule has 1 saturated heterocycles. The van der Waals surface area contributed by atoms with Crippen LogP contribution in [0.25, 0.3) is 6.08 Å². The molecule has 0 atom stereocenters. The third kappa shape index (κ3) is 3.44. The number of thioether (sulfide) groups is 1. The number of aryl methyl sites for hydroxylation is 1. The van der Waals surface area contributed by atoms with Crippen LogP contribution in [0, 0.1) is 6.92 Å².